The molecule has 0 unspecified atom stereocenters. The molecule has 0 spiro atoms. The van der Waals surface area contributed by atoms with Crippen molar-refractivity contribution < 1.29 is 9.90 Å². The van der Waals surface area contributed by atoms with E-state index in [2.05, 4.69) is 6.58 Å². The van der Waals surface area contributed by atoms with Crippen molar-refractivity contribution in [2.75, 3.05) is 11.4 Å². The number of benzene rings is 1. The molecule has 0 bridgehead atoms. The van der Waals surface area contributed by atoms with Gasteiger partial charge in [-0.1, -0.05) is 24.3 Å². The number of anilines is 1. The summed E-state index contributed by atoms with van der Waals surface area (Å²) in [6.45, 7) is 6.22. The monoisotopic (exact) mass is 219 g/mol. The maximum atomic E-state index is 11.2. The second-order valence-corrected chi connectivity index (χ2v) is 3.50. The maximum absolute atomic E-state index is 11.2. The van der Waals surface area contributed by atoms with Crippen LogP contribution in [0.3, 0.4) is 0 Å². The fraction of sp³-hybridized carbons (Fsp3) is 0.308. The van der Waals surface area contributed by atoms with Crippen LogP contribution in [0, 0.1) is 0 Å². The van der Waals surface area contributed by atoms with Gasteiger partial charge in [-0.25, -0.2) is 4.79 Å². The minimum atomic E-state index is -0.814. The minimum Gasteiger partial charge on any atom is -0.480 e. The van der Waals surface area contributed by atoms with E-state index in [9.17, 15) is 9.90 Å². The first-order valence-corrected chi connectivity index (χ1v) is 5.36. The SMILES string of the molecule is C=CC[C@H](C(=O)O)N(CC)c1ccccc1. The Hall–Kier alpha value is -1.77. The van der Waals surface area contributed by atoms with Crippen molar-refractivity contribution in [3.05, 3.63) is 43.0 Å². The fourth-order valence-electron chi connectivity index (χ4n) is 1.72. The van der Waals surface area contributed by atoms with Crippen LogP contribution >= 0.6 is 0 Å². The van der Waals surface area contributed by atoms with Gasteiger partial charge in [-0.3, -0.25) is 0 Å². The van der Waals surface area contributed by atoms with Crippen LogP contribution in [0.15, 0.2) is 43.0 Å². The lowest BCUT2D eigenvalue weighted by molar-refractivity contribution is -0.138. The highest BCUT2D eigenvalue weighted by molar-refractivity contribution is 5.78. The third-order valence-corrected chi connectivity index (χ3v) is 2.48. The first-order valence-electron chi connectivity index (χ1n) is 5.36. The second kappa shape index (κ2) is 5.95. The standard InChI is InChI=1S/C13H17NO2/c1-3-8-12(13(15)16)14(4-2)11-9-6-5-7-10-11/h3,5-7,9-10,12H,1,4,8H2,2H3,(H,15,16)/t12-/m1/s1. The molecule has 0 fully saturated rings. The molecule has 0 saturated carbocycles. The zero-order valence-electron chi connectivity index (χ0n) is 9.47. The van der Waals surface area contributed by atoms with Crippen LogP contribution in [0.25, 0.3) is 0 Å². The van der Waals surface area contributed by atoms with E-state index in [1.807, 2.05) is 42.2 Å². The molecule has 0 aliphatic carbocycles. The van der Waals surface area contributed by atoms with Crippen molar-refractivity contribution in [1.29, 1.82) is 0 Å². The van der Waals surface area contributed by atoms with Gasteiger partial charge in [0.15, 0.2) is 0 Å². The Morgan fingerprint density at radius 2 is 2.12 bits per heavy atom. The molecule has 1 aromatic carbocycles. The predicted molar refractivity (Wildman–Crippen MR) is 65.7 cm³/mol. The Morgan fingerprint density at radius 1 is 1.50 bits per heavy atom. The molecule has 0 aliphatic rings. The predicted octanol–water partition coefficient (Wildman–Crippen LogP) is 2.54. The summed E-state index contributed by atoms with van der Waals surface area (Å²) in [6.07, 6.45) is 2.09. The van der Waals surface area contributed by atoms with Gasteiger partial charge < -0.3 is 10.0 Å². The fourth-order valence-corrected chi connectivity index (χ4v) is 1.72. The number of para-hydroxylation sites is 1. The molecule has 0 radical (unpaired) electrons. The molecule has 0 amide bonds. The lowest BCUT2D eigenvalue weighted by atomic mass is 10.1. The van der Waals surface area contributed by atoms with Crippen LogP contribution in [0.1, 0.15) is 13.3 Å². The molecular formula is C13H17NO2. The van der Waals surface area contributed by atoms with Crippen LogP contribution < -0.4 is 4.90 Å². The Labute approximate surface area is 96.0 Å². The molecule has 16 heavy (non-hydrogen) atoms. The Kier molecular flexibility index (Phi) is 4.58. The molecule has 3 nitrogen and oxygen atoms in total. The van der Waals surface area contributed by atoms with Crippen molar-refractivity contribution in [3.8, 4) is 0 Å². The Morgan fingerprint density at radius 3 is 2.56 bits per heavy atom. The van der Waals surface area contributed by atoms with E-state index < -0.39 is 12.0 Å². The van der Waals surface area contributed by atoms with E-state index in [1.54, 1.807) is 6.08 Å². The summed E-state index contributed by atoms with van der Waals surface area (Å²) >= 11 is 0. The van der Waals surface area contributed by atoms with Gasteiger partial charge in [-0.2, -0.15) is 0 Å². The highest BCUT2D eigenvalue weighted by Crippen LogP contribution is 2.18. The van der Waals surface area contributed by atoms with Crippen LogP contribution in [0.5, 0.6) is 0 Å². The number of aliphatic carboxylic acids is 1. The van der Waals surface area contributed by atoms with Gasteiger partial charge in [-0.05, 0) is 25.5 Å². The van der Waals surface area contributed by atoms with Crippen LogP contribution in [0.2, 0.25) is 0 Å². The summed E-state index contributed by atoms with van der Waals surface area (Å²) in [5.74, 6) is -0.814. The van der Waals surface area contributed by atoms with Crippen molar-refractivity contribution in [1.82, 2.24) is 0 Å². The van der Waals surface area contributed by atoms with E-state index in [0.29, 0.717) is 13.0 Å². The minimum absolute atomic E-state index is 0.443. The average Bonchev–Trinajstić information content (AvgIpc) is 2.30. The smallest absolute Gasteiger partial charge is 0.326 e. The van der Waals surface area contributed by atoms with E-state index in [0.717, 1.165) is 5.69 Å². The normalized spacial score (nSPS) is 11.8. The molecule has 1 atom stereocenters. The highest BCUT2D eigenvalue weighted by Gasteiger charge is 2.22. The third-order valence-electron chi connectivity index (χ3n) is 2.48. The first-order chi connectivity index (χ1) is 7.70. The average molecular weight is 219 g/mol. The summed E-state index contributed by atoms with van der Waals surface area (Å²) in [5, 5.41) is 9.18. The van der Waals surface area contributed by atoms with Crippen LogP contribution in [0.4, 0.5) is 5.69 Å². The van der Waals surface area contributed by atoms with Gasteiger partial charge in [0.05, 0.1) is 0 Å². The number of nitrogens with zero attached hydrogens (tertiary/aromatic N) is 1. The lowest BCUT2D eigenvalue weighted by Gasteiger charge is -2.29. The van der Waals surface area contributed by atoms with E-state index >= 15 is 0 Å². The number of hydrogen-bond acceptors (Lipinski definition) is 2. The van der Waals surface area contributed by atoms with Gasteiger partial charge in [0.2, 0.25) is 0 Å². The van der Waals surface area contributed by atoms with Gasteiger partial charge >= 0.3 is 5.97 Å². The summed E-state index contributed by atoms with van der Waals surface area (Å²) < 4.78 is 0. The number of carboxylic acids is 1. The van der Waals surface area contributed by atoms with Gasteiger partial charge in [0.25, 0.3) is 0 Å². The van der Waals surface area contributed by atoms with Crippen molar-refractivity contribution in [2.24, 2.45) is 0 Å². The first kappa shape index (κ1) is 12.3. The quantitative estimate of drug-likeness (QED) is 0.747. The van der Waals surface area contributed by atoms with E-state index in [1.165, 1.54) is 0 Å². The molecule has 3 heteroatoms. The molecule has 0 heterocycles. The zero-order chi connectivity index (χ0) is 12.0. The summed E-state index contributed by atoms with van der Waals surface area (Å²) in [5.41, 5.74) is 0.930. The number of likely N-dealkylation sites (N-methyl/N-ethyl adjacent to an activating group) is 1. The molecule has 86 valence electrons. The van der Waals surface area contributed by atoms with Gasteiger partial charge in [0.1, 0.15) is 6.04 Å². The van der Waals surface area contributed by atoms with Crippen molar-refractivity contribution >= 4 is 11.7 Å². The lowest BCUT2D eigenvalue weighted by Crippen LogP contribution is -2.40. The van der Waals surface area contributed by atoms with E-state index in [-0.39, 0.29) is 0 Å². The molecule has 1 N–H and O–H groups in total. The highest BCUT2D eigenvalue weighted by atomic mass is 16.4. The Bertz CT molecular complexity index is 348. The molecule has 0 saturated heterocycles. The molecule has 0 aliphatic heterocycles. The van der Waals surface area contributed by atoms with Crippen molar-refractivity contribution in [3.63, 3.8) is 0 Å². The molecule has 0 aromatic heterocycles. The Balaban J connectivity index is 2.95. The largest absolute Gasteiger partial charge is 0.480 e. The second-order valence-electron chi connectivity index (χ2n) is 3.50. The van der Waals surface area contributed by atoms with Gasteiger partial charge in [0, 0.05) is 12.2 Å². The van der Waals surface area contributed by atoms with Crippen molar-refractivity contribution in [2.45, 2.75) is 19.4 Å². The van der Waals surface area contributed by atoms with E-state index in [4.69, 9.17) is 0 Å². The summed E-state index contributed by atoms with van der Waals surface area (Å²) in [7, 11) is 0. The summed E-state index contributed by atoms with van der Waals surface area (Å²) in [4.78, 5) is 13.0. The third kappa shape index (κ3) is 2.86. The maximum Gasteiger partial charge on any atom is 0.326 e. The summed E-state index contributed by atoms with van der Waals surface area (Å²) in [6, 6.07) is 9.03. The van der Waals surface area contributed by atoms with Gasteiger partial charge in [-0.15, -0.1) is 6.58 Å². The molecular weight excluding hydrogens is 202 g/mol. The number of hydrogen-bond donors (Lipinski definition) is 1. The zero-order valence-corrected chi connectivity index (χ0v) is 9.47. The topological polar surface area (TPSA) is 40.5 Å². The number of carboxylic acid groups (broad SMARTS) is 1. The molecule has 1 aromatic rings. The van der Waals surface area contributed by atoms with Crippen LogP contribution in [-0.2, 0) is 4.79 Å². The number of rotatable bonds is 6. The van der Waals surface area contributed by atoms with Crippen LogP contribution in [-0.4, -0.2) is 23.7 Å². The number of carbonyl (C=O) groups is 1. The molecule has 1 rings (SSSR count).